The monoisotopic (exact) mass is 352 g/mol. The fourth-order valence-electron chi connectivity index (χ4n) is 2.91. The zero-order valence-corrected chi connectivity index (χ0v) is 12.6. The van der Waals surface area contributed by atoms with Crippen molar-refractivity contribution in [3.63, 3.8) is 0 Å². The van der Waals surface area contributed by atoms with E-state index in [2.05, 4.69) is 15.9 Å². The molecule has 0 spiro atoms. The minimum Gasteiger partial charge on any atom is -0.207 e. The zero-order valence-electron chi connectivity index (χ0n) is 11.0. The van der Waals surface area contributed by atoms with E-state index in [1.807, 2.05) is 0 Å². The van der Waals surface area contributed by atoms with E-state index in [0.717, 1.165) is 12.0 Å². The number of rotatable bonds is 3. The quantitative estimate of drug-likeness (QED) is 0.497. The highest BCUT2D eigenvalue weighted by Crippen LogP contribution is 2.42. The van der Waals surface area contributed by atoms with Gasteiger partial charge in [0.25, 0.3) is 0 Å². The molecule has 0 radical (unpaired) electrons. The first-order valence-electron chi connectivity index (χ1n) is 6.81. The number of halogens is 5. The Morgan fingerprint density at radius 3 is 2.65 bits per heavy atom. The molecule has 0 aromatic heterocycles. The van der Waals surface area contributed by atoms with Crippen molar-refractivity contribution < 1.29 is 17.6 Å². The average Bonchev–Trinajstić information content (AvgIpc) is 2.38. The molecular formula is C15H17BrF4. The van der Waals surface area contributed by atoms with Crippen LogP contribution in [0.4, 0.5) is 17.6 Å². The van der Waals surface area contributed by atoms with Gasteiger partial charge in [-0.15, -0.1) is 0 Å². The Bertz CT molecular complexity index is 444. The first-order chi connectivity index (χ1) is 9.36. The Kier molecular flexibility index (Phi) is 5.10. The molecule has 112 valence electrons. The molecule has 5 heteroatoms. The summed E-state index contributed by atoms with van der Waals surface area (Å²) in [6.07, 6.45) is -1.70. The normalized spacial score (nSPS) is 25.4. The van der Waals surface area contributed by atoms with Crippen molar-refractivity contribution in [3.05, 3.63) is 35.6 Å². The van der Waals surface area contributed by atoms with Gasteiger partial charge in [-0.2, -0.15) is 13.2 Å². The van der Waals surface area contributed by atoms with Crippen molar-refractivity contribution in [2.24, 2.45) is 11.8 Å². The van der Waals surface area contributed by atoms with Gasteiger partial charge in [-0.25, -0.2) is 4.39 Å². The molecule has 3 unspecified atom stereocenters. The van der Waals surface area contributed by atoms with Crippen LogP contribution in [0.1, 0.15) is 31.2 Å². The molecule has 0 bridgehead atoms. The van der Waals surface area contributed by atoms with Crippen molar-refractivity contribution in [1.82, 2.24) is 0 Å². The second kappa shape index (κ2) is 6.46. The van der Waals surface area contributed by atoms with E-state index in [-0.39, 0.29) is 29.4 Å². The van der Waals surface area contributed by atoms with Gasteiger partial charge in [-0.3, -0.25) is 0 Å². The lowest BCUT2D eigenvalue weighted by Gasteiger charge is -2.33. The lowest BCUT2D eigenvalue weighted by Crippen LogP contribution is -2.32. The second-order valence-electron chi connectivity index (χ2n) is 5.52. The standard InChI is InChI=1S/C15H17BrF4/c16-14(8-10-3-1-6-13(17)7-10)11-4-2-5-12(9-11)15(18,19)20/h1,3,6-7,11-12,14H,2,4-5,8-9H2. The molecule has 0 heterocycles. The third-order valence-electron chi connectivity index (χ3n) is 4.01. The summed E-state index contributed by atoms with van der Waals surface area (Å²) in [5.41, 5.74) is 0.820. The minimum atomic E-state index is -4.09. The van der Waals surface area contributed by atoms with Crippen LogP contribution in [0.25, 0.3) is 0 Å². The Labute approximate surface area is 124 Å². The molecule has 1 aromatic rings. The summed E-state index contributed by atoms with van der Waals surface area (Å²) in [5.74, 6) is -1.49. The molecule has 0 saturated heterocycles. The number of alkyl halides is 4. The Morgan fingerprint density at radius 1 is 1.25 bits per heavy atom. The van der Waals surface area contributed by atoms with E-state index in [1.165, 1.54) is 12.1 Å². The van der Waals surface area contributed by atoms with E-state index in [1.54, 1.807) is 12.1 Å². The summed E-state index contributed by atoms with van der Waals surface area (Å²) in [4.78, 5) is -0.0329. The van der Waals surface area contributed by atoms with Crippen LogP contribution in [0.5, 0.6) is 0 Å². The minimum absolute atomic E-state index is 0.00126. The number of hydrogen-bond donors (Lipinski definition) is 0. The maximum absolute atomic E-state index is 13.1. The molecular weight excluding hydrogens is 336 g/mol. The van der Waals surface area contributed by atoms with E-state index < -0.39 is 12.1 Å². The molecule has 1 aliphatic carbocycles. The molecule has 1 saturated carbocycles. The van der Waals surface area contributed by atoms with E-state index >= 15 is 0 Å². The summed E-state index contributed by atoms with van der Waals surface area (Å²) in [6.45, 7) is 0. The fraction of sp³-hybridized carbons (Fsp3) is 0.600. The predicted octanol–water partition coefficient (Wildman–Crippen LogP) is 5.50. The van der Waals surface area contributed by atoms with Crippen LogP contribution in [0.3, 0.4) is 0 Å². The van der Waals surface area contributed by atoms with Crippen LogP contribution < -0.4 is 0 Å². The summed E-state index contributed by atoms with van der Waals surface area (Å²) in [6, 6.07) is 6.25. The zero-order chi connectivity index (χ0) is 14.8. The maximum Gasteiger partial charge on any atom is 0.391 e. The fourth-order valence-corrected chi connectivity index (χ4v) is 3.76. The molecule has 0 amide bonds. The van der Waals surface area contributed by atoms with Gasteiger partial charge < -0.3 is 0 Å². The van der Waals surface area contributed by atoms with Crippen LogP contribution in [-0.4, -0.2) is 11.0 Å². The summed E-state index contributed by atoms with van der Waals surface area (Å²) >= 11 is 3.51. The SMILES string of the molecule is Fc1cccc(CC(Br)C2CCCC(C(F)(F)F)C2)c1. The van der Waals surface area contributed by atoms with Gasteiger partial charge >= 0.3 is 6.18 Å². The van der Waals surface area contributed by atoms with Crippen LogP contribution in [-0.2, 0) is 6.42 Å². The first kappa shape index (κ1) is 15.8. The lowest BCUT2D eigenvalue weighted by molar-refractivity contribution is -0.185. The van der Waals surface area contributed by atoms with Gasteiger partial charge in [0.15, 0.2) is 0 Å². The van der Waals surface area contributed by atoms with Gasteiger partial charge in [0, 0.05) is 4.83 Å². The van der Waals surface area contributed by atoms with E-state index in [0.29, 0.717) is 12.8 Å². The number of benzene rings is 1. The summed E-state index contributed by atoms with van der Waals surface area (Å²) < 4.78 is 51.5. The molecule has 20 heavy (non-hydrogen) atoms. The van der Waals surface area contributed by atoms with Crippen LogP contribution in [0.15, 0.2) is 24.3 Å². The maximum atomic E-state index is 13.1. The Hall–Kier alpha value is -0.580. The Morgan fingerprint density at radius 2 is 2.00 bits per heavy atom. The average molecular weight is 353 g/mol. The third kappa shape index (κ3) is 4.21. The van der Waals surface area contributed by atoms with Crippen LogP contribution in [0, 0.1) is 17.7 Å². The smallest absolute Gasteiger partial charge is 0.207 e. The van der Waals surface area contributed by atoms with Crippen molar-refractivity contribution in [2.75, 3.05) is 0 Å². The second-order valence-corrected chi connectivity index (χ2v) is 6.69. The van der Waals surface area contributed by atoms with Gasteiger partial charge in [-0.1, -0.05) is 34.5 Å². The summed E-state index contributed by atoms with van der Waals surface area (Å²) in [5, 5.41) is 0. The third-order valence-corrected chi connectivity index (χ3v) is 5.08. The van der Waals surface area contributed by atoms with Crippen LogP contribution >= 0.6 is 15.9 Å². The number of hydrogen-bond acceptors (Lipinski definition) is 0. The molecule has 0 aliphatic heterocycles. The van der Waals surface area contributed by atoms with E-state index in [9.17, 15) is 17.6 Å². The highest BCUT2D eigenvalue weighted by Gasteiger charge is 2.43. The molecule has 1 aliphatic rings. The summed E-state index contributed by atoms with van der Waals surface area (Å²) in [7, 11) is 0. The largest absolute Gasteiger partial charge is 0.391 e. The first-order valence-corrected chi connectivity index (χ1v) is 7.73. The van der Waals surface area contributed by atoms with Crippen molar-refractivity contribution >= 4 is 15.9 Å². The molecule has 1 aromatic carbocycles. The predicted molar refractivity (Wildman–Crippen MR) is 74.3 cm³/mol. The van der Waals surface area contributed by atoms with Gasteiger partial charge in [0.05, 0.1) is 5.92 Å². The highest BCUT2D eigenvalue weighted by molar-refractivity contribution is 9.09. The Balaban J connectivity index is 1.97. The van der Waals surface area contributed by atoms with Crippen LogP contribution in [0.2, 0.25) is 0 Å². The topological polar surface area (TPSA) is 0 Å². The molecule has 3 atom stereocenters. The molecule has 0 N–H and O–H groups in total. The van der Waals surface area contributed by atoms with Gasteiger partial charge in [-0.05, 0) is 49.3 Å². The highest BCUT2D eigenvalue weighted by atomic mass is 79.9. The molecule has 1 fully saturated rings. The molecule has 0 nitrogen and oxygen atoms in total. The van der Waals surface area contributed by atoms with Crippen molar-refractivity contribution in [2.45, 2.75) is 43.1 Å². The van der Waals surface area contributed by atoms with Gasteiger partial charge in [0.1, 0.15) is 5.82 Å². The van der Waals surface area contributed by atoms with Gasteiger partial charge in [0.2, 0.25) is 0 Å². The van der Waals surface area contributed by atoms with Crippen molar-refractivity contribution in [1.29, 1.82) is 0 Å². The van der Waals surface area contributed by atoms with Crippen molar-refractivity contribution in [3.8, 4) is 0 Å². The van der Waals surface area contributed by atoms with E-state index in [4.69, 9.17) is 0 Å². The molecule has 2 rings (SSSR count). The lowest BCUT2D eigenvalue weighted by atomic mass is 9.78.